The van der Waals surface area contributed by atoms with E-state index in [2.05, 4.69) is 4.98 Å². The number of carbonyl (C=O) groups is 1. The normalized spacial score (nSPS) is 9.95. The van der Waals surface area contributed by atoms with Gasteiger partial charge in [0.05, 0.1) is 16.6 Å². The third kappa shape index (κ3) is 3.12. The molecule has 0 amide bonds. The predicted octanol–water partition coefficient (Wildman–Crippen LogP) is 2.52. The Morgan fingerprint density at radius 1 is 1.32 bits per heavy atom. The Balaban J connectivity index is 2.17. The second kappa shape index (κ2) is 5.26. The quantitative estimate of drug-likeness (QED) is 0.365. The van der Waals surface area contributed by atoms with Gasteiger partial charge in [0.15, 0.2) is 0 Å². The lowest BCUT2D eigenvalue weighted by Gasteiger charge is -2.04. The van der Waals surface area contributed by atoms with Crippen LogP contribution in [0.25, 0.3) is 0 Å². The first kappa shape index (κ1) is 12.7. The van der Waals surface area contributed by atoms with Gasteiger partial charge in [0.2, 0.25) is 0 Å². The summed E-state index contributed by atoms with van der Waals surface area (Å²) in [5.74, 6) is -0.479. The number of nitro groups is 1. The zero-order valence-electron chi connectivity index (χ0n) is 10.1. The topological polar surface area (TPSA) is 82.3 Å². The van der Waals surface area contributed by atoms with E-state index in [1.807, 2.05) is 0 Å². The lowest BCUT2D eigenvalue weighted by molar-refractivity contribution is -0.384. The first-order valence-electron chi connectivity index (χ1n) is 5.45. The van der Waals surface area contributed by atoms with E-state index in [1.54, 1.807) is 19.1 Å². The summed E-state index contributed by atoms with van der Waals surface area (Å²) in [6.45, 7) is 1.80. The van der Waals surface area contributed by atoms with Crippen molar-refractivity contribution in [2.24, 2.45) is 0 Å². The van der Waals surface area contributed by atoms with Gasteiger partial charge in [0.25, 0.3) is 5.69 Å². The molecule has 0 atom stereocenters. The van der Waals surface area contributed by atoms with Gasteiger partial charge in [-0.2, -0.15) is 0 Å². The molecule has 6 heteroatoms. The maximum atomic E-state index is 11.8. The van der Waals surface area contributed by atoms with E-state index < -0.39 is 10.9 Å². The minimum absolute atomic E-state index is 0.125. The van der Waals surface area contributed by atoms with Crippen molar-refractivity contribution in [1.82, 2.24) is 4.98 Å². The number of non-ortho nitro benzene ring substituents is 1. The van der Waals surface area contributed by atoms with Crippen molar-refractivity contribution in [2.45, 2.75) is 6.92 Å². The second-order valence-corrected chi connectivity index (χ2v) is 3.83. The first-order valence-corrected chi connectivity index (χ1v) is 5.45. The number of benzene rings is 1. The summed E-state index contributed by atoms with van der Waals surface area (Å²) in [6.07, 6.45) is 1.40. The van der Waals surface area contributed by atoms with Crippen LogP contribution in [0.15, 0.2) is 42.6 Å². The number of hydrogen-bond acceptors (Lipinski definition) is 5. The number of pyridine rings is 1. The summed E-state index contributed by atoms with van der Waals surface area (Å²) in [6, 6.07) is 8.72. The van der Waals surface area contributed by atoms with Gasteiger partial charge in [0.1, 0.15) is 5.75 Å². The Bertz CT molecular complexity index is 623. The number of esters is 1. The first-order chi connectivity index (χ1) is 9.06. The van der Waals surface area contributed by atoms with Gasteiger partial charge < -0.3 is 4.74 Å². The number of carbonyl (C=O) groups excluding carboxylic acids is 1. The molecule has 0 unspecified atom stereocenters. The van der Waals surface area contributed by atoms with Gasteiger partial charge >= 0.3 is 5.97 Å². The Morgan fingerprint density at radius 2 is 2.11 bits per heavy atom. The number of nitro benzene ring substituents is 1. The minimum Gasteiger partial charge on any atom is -0.423 e. The molecule has 19 heavy (non-hydrogen) atoms. The summed E-state index contributed by atoms with van der Waals surface area (Å²) in [7, 11) is 0. The average Bonchev–Trinajstić information content (AvgIpc) is 2.39. The standard InChI is InChI=1S/C13H10N2O4/c1-9-5-6-10(8-14-9)13(16)19-12-4-2-3-11(7-12)15(17)18/h2-8H,1H3. The van der Waals surface area contributed by atoms with Crippen LogP contribution >= 0.6 is 0 Å². The molecule has 1 aromatic heterocycles. The molecule has 0 bridgehead atoms. The fourth-order valence-corrected chi connectivity index (χ4v) is 1.42. The summed E-state index contributed by atoms with van der Waals surface area (Å²) >= 11 is 0. The molecule has 1 heterocycles. The van der Waals surface area contributed by atoms with Crippen LogP contribution < -0.4 is 4.74 Å². The van der Waals surface area contributed by atoms with Crippen molar-refractivity contribution >= 4 is 11.7 Å². The Hall–Kier alpha value is -2.76. The number of aryl methyl sites for hydroxylation is 1. The van der Waals surface area contributed by atoms with Gasteiger partial charge in [-0.05, 0) is 25.1 Å². The summed E-state index contributed by atoms with van der Waals surface area (Å²) in [4.78, 5) is 25.8. The van der Waals surface area contributed by atoms with Crippen LogP contribution in [0, 0.1) is 17.0 Å². The van der Waals surface area contributed by atoms with Crippen LogP contribution in [-0.4, -0.2) is 15.9 Å². The third-order valence-corrected chi connectivity index (χ3v) is 2.39. The van der Waals surface area contributed by atoms with E-state index in [4.69, 9.17) is 4.74 Å². The van der Waals surface area contributed by atoms with Crippen LogP contribution in [0.4, 0.5) is 5.69 Å². The fraction of sp³-hybridized carbons (Fsp3) is 0.0769. The molecule has 6 nitrogen and oxygen atoms in total. The number of aromatic nitrogens is 1. The highest BCUT2D eigenvalue weighted by atomic mass is 16.6. The maximum Gasteiger partial charge on any atom is 0.345 e. The largest absolute Gasteiger partial charge is 0.423 e. The number of hydrogen-bond donors (Lipinski definition) is 0. The van der Waals surface area contributed by atoms with Crippen molar-refractivity contribution in [3.63, 3.8) is 0 Å². The zero-order valence-corrected chi connectivity index (χ0v) is 10.1. The highest BCUT2D eigenvalue weighted by molar-refractivity contribution is 5.90. The molecule has 0 saturated heterocycles. The molecule has 2 rings (SSSR count). The molecule has 0 radical (unpaired) electrons. The average molecular weight is 258 g/mol. The second-order valence-electron chi connectivity index (χ2n) is 3.83. The minimum atomic E-state index is -0.604. The molecular formula is C13H10N2O4. The summed E-state index contributed by atoms with van der Waals surface area (Å²) < 4.78 is 5.05. The molecule has 2 aromatic rings. The summed E-state index contributed by atoms with van der Waals surface area (Å²) in [5.41, 5.74) is 0.941. The van der Waals surface area contributed by atoms with Crippen LogP contribution in [0.5, 0.6) is 5.75 Å². The van der Waals surface area contributed by atoms with Crippen LogP contribution in [0.1, 0.15) is 16.1 Å². The van der Waals surface area contributed by atoms with E-state index in [1.165, 1.54) is 30.5 Å². The smallest absolute Gasteiger partial charge is 0.345 e. The van der Waals surface area contributed by atoms with Gasteiger partial charge in [-0.15, -0.1) is 0 Å². The zero-order chi connectivity index (χ0) is 13.8. The molecular weight excluding hydrogens is 248 g/mol. The fourth-order valence-electron chi connectivity index (χ4n) is 1.42. The Morgan fingerprint density at radius 3 is 2.74 bits per heavy atom. The van der Waals surface area contributed by atoms with E-state index in [9.17, 15) is 14.9 Å². The number of nitrogens with zero attached hydrogens (tertiary/aromatic N) is 2. The van der Waals surface area contributed by atoms with Gasteiger partial charge in [0, 0.05) is 18.0 Å². The highest BCUT2D eigenvalue weighted by Crippen LogP contribution is 2.20. The van der Waals surface area contributed by atoms with Gasteiger partial charge in [-0.1, -0.05) is 6.07 Å². The van der Waals surface area contributed by atoms with Gasteiger partial charge in [-0.3, -0.25) is 15.1 Å². The lowest BCUT2D eigenvalue weighted by atomic mass is 10.2. The van der Waals surface area contributed by atoms with Crippen LogP contribution in [-0.2, 0) is 0 Å². The van der Waals surface area contributed by atoms with Gasteiger partial charge in [-0.25, -0.2) is 4.79 Å². The third-order valence-electron chi connectivity index (χ3n) is 2.39. The molecule has 0 spiro atoms. The molecule has 0 aliphatic carbocycles. The van der Waals surface area contributed by atoms with Crippen LogP contribution in [0.2, 0.25) is 0 Å². The monoisotopic (exact) mass is 258 g/mol. The molecule has 0 fully saturated rings. The van der Waals surface area contributed by atoms with Crippen molar-refractivity contribution in [1.29, 1.82) is 0 Å². The molecule has 0 saturated carbocycles. The maximum absolute atomic E-state index is 11.8. The lowest BCUT2D eigenvalue weighted by Crippen LogP contribution is -2.09. The number of ether oxygens (including phenoxy) is 1. The van der Waals surface area contributed by atoms with Crippen molar-refractivity contribution < 1.29 is 14.5 Å². The SMILES string of the molecule is Cc1ccc(C(=O)Oc2cccc([N+](=O)[O-])c2)cn1. The predicted molar refractivity (Wildman–Crippen MR) is 67.0 cm³/mol. The van der Waals surface area contributed by atoms with E-state index in [0.29, 0.717) is 0 Å². The molecule has 0 aliphatic heterocycles. The Labute approximate surface area is 108 Å². The van der Waals surface area contributed by atoms with Crippen molar-refractivity contribution in [2.75, 3.05) is 0 Å². The highest BCUT2D eigenvalue weighted by Gasteiger charge is 2.11. The molecule has 1 aromatic carbocycles. The molecule has 96 valence electrons. The number of rotatable bonds is 3. The molecule has 0 aliphatic rings. The van der Waals surface area contributed by atoms with E-state index in [-0.39, 0.29) is 17.0 Å². The van der Waals surface area contributed by atoms with Crippen molar-refractivity contribution in [3.05, 3.63) is 64.0 Å². The Kier molecular flexibility index (Phi) is 3.51. The molecule has 0 N–H and O–H groups in total. The van der Waals surface area contributed by atoms with E-state index in [0.717, 1.165) is 5.69 Å². The van der Waals surface area contributed by atoms with E-state index >= 15 is 0 Å². The van der Waals surface area contributed by atoms with Crippen LogP contribution in [0.3, 0.4) is 0 Å². The van der Waals surface area contributed by atoms with Crippen molar-refractivity contribution in [3.8, 4) is 5.75 Å². The summed E-state index contributed by atoms with van der Waals surface area (Å²) in [5, 5.41) is 10.6.